The van der Waals surface area contributed by atoms with Gasteiger partial charge in [-0.3, -0.25) is 9.78 Å². The average molecular weight is 365 g/mol. The largest absolute Gasteiger partial charge is 0.381 e. The lowest BCUT2D eigenvalue weighted by atomic mass is 10.1. The normalized spacial score (nSPS) is 15.1. The zero-order chi connectivity index (χ0) is 18.6. The molecule has 1 fully saturated rings. The third kappa shape index (κ3) is 3.68. The lowest BCUT2D eigenvalue weighted by Crippen LogP contribution is -2.30. The molecule has 0 spiro atoms. The summed E-state index contributed by atoms with van der Waals surface area (Å²) >= 11 is 0. The summed E-state index contributed by atoms with van der Waals surface area (Å²) in [5.74, 6) is -0.0377. The van der Waals surface area contributed by atoms with E-state index >= 15 is 0 Å². The number of rotatable bonds is 5. The van der Waals surface area contributed by atoms with E-state index in [1.807, 2.05) is 31.5 Å². The first-order chi connectivity index (χ1) is 13.3. The van der Waals surface area contributed by atoms with Crippen molar-refractivity contribution in [2.24, 2.45) is 0 Å². The van der Waals surface area contributed by atoms with Gasteiger partial charge in [0, 0.05) is 50.9 Å². The molecule has 0 radical (unpaired) electrons. The number of ether oxygens (including phenoxy) is 1. The molecule has 0 saturated carbocycles. The molecule has 140 valence electrons. The Kier molecular flexibility index (Phi) is 5.11. The molecule has 4 heterocycles. The van der Waals surface area contributed by atoms with Crippen molar-refractivity contribution in [3.8, 4) is 0 Å². The van der Waals surface area contributed by atoms with E-state index in [-0.39, 0.29) is 5.91 Å². The highest BCUT2D eigenvalue weighted by Crippen LogP contribution is 2.25. The van der Waals surface area contributed by atoms with Crippen LogP contribution in [0.1, 0.15) is 41.7 Å². The van der Waals surface area contributed by atoms with E-state index in [1.165, 1.54) is 0 Å². The van der Waals surface area contributed by atoms with E-state index in [2.05, 4.69) is 19.5 Å². The van der Waals surface area contributed by atoms with Gasteiger partial charge in [-0.15, -0.1) is 0 Å². The maximum absolute atomic E-state index is 13.0. The van der Waals surface area contributed by atoms with Crippen molar-refractivity contribution in [3.63, 3.8) is 0 Å². The summed E-state index contributed by atoms with van der Waals surface area (Å²) in [4.78, 5) is 27.8. The molecule has 3 aromatic rings. The topological polar surface area (TPSA) is 73.1 Å². The van der Waals surface area contributed by atoms with Gasteiger partial charge in [-0.1, -0.05) is 0 Å². The van der Waals surface area contributed by atoms with Crippen LogP contribution in [-0.4, -0.2) is 50.1 Å². The molecule has 1 aliphatic rings. The van der Waals surface area contributed by atoms with E-state index in [9.17, 15) is 4.79 Å². The van der Waals surface area contributed by atoms with E-state index in [4.69, 9.17) is 4.74 Å². The summed E-state index contributed by atoms with van der Waals surface area (Å²) in [5, 5.41) is 0. The molecule has 27 heavy (non-hydrogen) atoms. The Morgan fingerprint density at radius 3 is 2.78 bits per heavy atom. The predicted molar refractivity (Wildman–Crippen MR) is 101 cm³/mol. The van der Waals surface area contributed by atoms with Crippen LogP contribution >= 0.6 is 0 Å². The predicted octanol–water partition coefficient (Wildman–Crippen LogP) is 2.84. The van der Waals surface area contributed by atoms with E-state index in [1.54, 1.807) is 23.5 Å². The van der Waals surface area contributed by atoms with Gasteiger partial charge in [0.2, 0.25) is 0 Å². The minimum atomic E-state index is -0.0377. The van der Waals surface area contributed by atoms with Crippen LogP contribution in [0.25, 0.3) is 11.2 Å². The fourth-order valence-corrected chi connectivity index (χ4v) is 3.48. The number of carbonyl (C=O) groups is 1. The van der Waals surface area contributed by atoms with Gasteiger partial charge >= 0.3 is 0 Å². The lowest BCUT2D eigenvalue weighted by Gasteiger charge is -2.23. The first kappa shape index (κ1) is 17.6. The molecule has 0 atom stereocenters. The van der Waals surface area contributed by atoms with E-state index < -0.39 is 0 Å². The van der Waals surface area contributed by atoms with Gasteiger partial charge in [0.25, 0.3) is 5.91 Å². The lowest BCUT2D eigenvalue weighted by molar-refractivity contribution is 0.0704. The maximum Gasteiger partial charge on any atom is 0.255 e. The molecule has 0 aromatic carbocycles. The highest BCUT2D eigenvalue weighted by molar-refractivity contribution is 5.96. The summed E-state index contributed by atoms with van der Waals surface area (Å²) in [6.07, 6.45) is 8.90. The second-order valence-corrected chi connectivity index (χ2v) is 6.74. The van der Waals surface area contributed by atoms with Crippen LogP contribution in [0.3, 0.4) is 0 Å². The molecule has 1 aliphatic heterocycles. The van der Waals surface area contributed by atoms with Crippen LogP contribution in [0.15, 0.2) is 43.1 Å². The Morgan fingerprint density at radius 1 is 1.26 bits per heavy atom. The van der Waals surface area contributed by atoms with Crippen molar-refractivity contribution in [1.82, 2.24) is 24.4 Å². The highest BCUT2D eigenvalue weighted by Gasteiger charge is 2.20. The number of hydrogen-bond acceptors (Lipinski definition) is 5. The zero-order valence-corrected chi connectivity index (χ0v) is 15.4. The van der Waals surface area contributed by atoms with E-state index in [0.29, 0.717) is 24.7 Å². The third-order valence-electron chi connectivity index (χ3n) is 5.04. The number of pyridine rings is 2. The van der Waals surface area contributed by atoms with Gasteiger partial charge in [0.1, 0.15) is 5.52 Å². The van der Waals surface area contributed by atoms with Crippen molar-refractivity contribution in [2.45, 2.75) is 32.4 Å². The minimum absolute atomic E-state index is 0.0377. The molecular formula is C20H23N5O2. The van der Waals surface area contributed by atoms with Gasteiger partial charge in [0.05, 0.1) is 11.9 Å². The Balaban J connectivity index is 1.56. The number of carbonyl (C=O) groups excluding carboxylic acids is 1. The van der Waals surface area contributed by atoms with Crippen LogP contribution in [0.2, 0.25) is 0 Å². The summed E-state index contributed by atoms with van der Waals surface area (Å²) in [5.41, 5.74) is 3.21. The van der Waals surface area contributed by atoms with Crippen molar-refractivity contribution >= 4 is 17.1 Å². The maximum atomic E-state index is 13.0. The molecule has 4 rings (SSSR count). The number of fused-ring (bicyclic) bond motifs is 1. The Hall–Kier alpha value is -2.80. The first-order valence-electron chi connectivity index (χ1n) is 9.34. The van der Waals surface area contributed by atoms with Gasteiger partial charge in [-0.05, 0) is 43.5 Å². The van der Waals surface area contributed by atoms with Crippen molar-refractivity contribution < 1.29 is 9.53 Å². The standard InChI is InChI=1S/C20H23N5O2/c1-2-24(13-15-3-7-21-8-4-15)20(26)16-11-18-19(22-12-16)25(14-23-18)17-5-9-27-10-6-17/h3-4,7-8,11-12,14,17H,2,5-6,9-10,13H2,1H3. The third-order valence-corrected chi connectivity index (χ3v) is 5.04. The summed E-state index contributed by atoms with van der Waals surface area (Å²) in [6.45, 7) is 4.68. The quantitative estimate of drug-likeness (QED) is 0.695. The molecule has 0 unspecified atom stereocenters. The second-order valence-electron chi connectivity index (χ2n) is 6.74. The molecule has 1 saturated heterocycles. The Labute approximate surface area is 158 Å². The zero-order valence-electron chi connectivity index (χ0n) is 15.4. The van der Waals surface area contributed by atoms with Crippen molar-refractivity contribution in [1.29, 1.82) is 0 Å². The van der Waals surface area contributed by atoms with E-state index in [0.717, 1.165) is 42.8 Å². The molecule has 3 aromatic heterocycles. The van der Waals surface area contributed by atoms with Crippen LogP contribution in [0.4, 0.5) is 0 Å². The van der Waals surface area contributed by atoms with Crippen molar-refractivity contribution in [2.75, 3.05) is 19.8 Å². The minimum Gasteiger partial charge on any atom is -0.381 e. The average Bonchev–Trinajstić information content (AvgIpc) is 3.16. The monoisotopic (exact) mass is 365 g/mol. The number of hydrogen-bond donors (Lipinski definition) is 0. The van der Waals surface area contributed by atoms with Gasteiger partial charge in [-0.25, -0.2) is 9.97 Å². The molecule has 7 heteroatoms. The molecular weight excluding hydrogens is 342 g/mol. The number of imidazole rings is 1. The molecule has 0 bridgehead atoms. The highest BCUT2D eigenvalue weighted by atomic mass is 16.5. The second kappa shape index (κ2) is 7.84. The number of amides is 1. The summed E-state index contributed by atoms with van der Waals surface area (Å²) in [7, 11) is 0. The number of aromatic nitrogens is 4. The van der Waals surface area contributed by atoms with Gasteiger partial charge in [0.15, 0.2) is 5.65 Å². The van der Waals surface area contributed by atoms with Crippen LogP contribution in [0, 0.1) is 0 Å². The van der Waals surface area contributed by atoms with Crippen LogP contribution < -0.4 is 0 Å². The van der Waals surface area contributed by atoms with Crippen LogP contribution in [0.5, 0.6) is 0 Å². The summed E-state index contributed by atoms with van der Waals surface area (Å²) < 4.78 is 7.55. The summed E-state index contributed by atoms with van der Waals surface area (Å²) in [6, 6.07) is 6.05. The Bertz CT molecular complexity index is 919. The van der Waals surface area contributed by atoms with Crippen molar-refractivity contribution in [3.05, 3.63) is 54.2 Å². The smallest absolute Gasteiger partial charge is 0.255 e. The molecule has 0 N–H and O–H groups in total. The molecule has 7 nitrogen and oxygen atoms in total. The fraction of sp³-hybridized carbons (Fsp3) is 0.400. The first-order valence-corrected chi connectivity index (χ1v) is 9.34. The van der Waals surface area contributed by atoms with Gasteiger partial charge in [-0.2, -0.15) is 0 Å². The molecule has 1 amide bonds. The number of nitrogens with zero attached hydrogens (tertiary/aromatic N) is 5. The SMILES string of the molecule is CCN(Cc1ccncc1)C(=O)c1cnc2c(c1)ncn2C1CCOCC1. The van der Waals surface area contributed by atoms with Crippen LogP contribution in [-0.2, 0) is 11.3 Å². The Morgan fingerprint density at radius 2 is 2.04 bits per heavy atom. The van der Waals surface area contributed by atoms with Gasteiger partial charge < -0.3 is 14.2 Å². The molecule has 0 aliphatic carbocycles. The fourth-order valence-electron chi connectivity index (χ4n) is 3.48.